The number of fused-ring (bicyclic) bond motifs is 4. The van der Waals surface area contributed by atoms with Gasteiger partial charge in [0, 0.05) is 25.7 Å². The molecule has 0 N–H and O–H groups in total. The molecule has 7 rings (SSSR count). The largest absolute Gasteiger partial charge is 0.292 e. The molecule has 0 fully saturated rings. The van der Waals surface area contributed by atoms with Gasteiger partial charge < -0.3 is 0 Å². The zero-order valence-corrected chi connectivity index (χ0v) is 24.2. The van der Waals surface area contributed by atoms with Gasteiger partial charge in [-0.3, -0.25) is 4.57 Å². The number of rotatable bonds is 5. The average Bonchev–Trinajstić information content (AvgIpc) is 3.55. The molecule has 7 aromatic rings. The first-order chi connectivity index (χ1) is 19.5. The van der Waals surface area contributed by atoms with E-state index in [1.807, 2.05) is 11.3 Å². The van der Waals surface area contributed by atoms with Crippen LogP contribution < -0.4 is 0 Å². The lowest BCUT2D eigenvalue weighted by Gasteiger charge is -2.24. The van der Waals surface area contributed by atoms with E-state index in [-0.39, 0.29) is 0 Å². The molecule has 3 heteroatoms. The molecular weight excluding hydrogens is 504 g/mol. The number of thiophene rings is 1. The number of benzene rings is 5. The van der Waals surface area contributed by atoms with Crippen molar-refractivity contribution in [3.05, 3.63) is 120 Å². The third-order valence-electron chi connectivity index (χ3n) is 7.94. The predicted octanol–water partition coefficient (Wildman–Crippen LogP) is 11.0. The summed E-state index contributed by atoms with van der Waals surface area (Å²) in [6.07, 6.45) is 0. The zero-order valence-electron chi connectivity index (χ0n) is 23.3. The topological polar surface area (TPSA) is 17.8 Å². The van der Waals surface area contributed by atoms with E-state index in [1.165, 1.54) is 48.1 Å². The van der Waals surface area contributed by atoms with E-state index in [0.29, 0.717) is 11.8 Å². The summed E-state index contributed by atoms with van der Waals surface area (Å²) in [7, 11) is 0. The Kier molecular flexibility index (Phi) is 6.05. The minimum absolute atomic E-state index is 0.343. The minimum Gasteiger partial charge on any atom is -0.292 e. The standard InChI is InChI=1S/C37H32N2S/c1-23(2)30-20-27(25-12-6-5-7-13-25)21-31(24(3)4)36(30)39-33-16-10-9-15-32(33)38-37(39)26-18-19-29-28-14-8-11-17-34(28)40-35(29)22-26/h5-24H,1-4H3. The molecule has 0 saturated heterocycles. The van der Waals surface area contributed by atoms with Crippen molar-refractivity contribution in [1.82, 2.24) is 9.55 Å². The van der Waals surface area contributed by atoms with Gasteiger partial charge in [-0.05, 0) is 70.5 Å². The van der Waals surface area contributed by atoms with E-state index in [2.05, 4.69) is 141 Å². The Labute approximate surface area is 239 Å². The molecule has 0 radical (unpaired) electrons. The van der Waals surface area contributed by atoms with Crippen molar-refractivity contribution in [1.29, 1.82) is 0 Å². The van der Waals surface area contributed by atoms with E-state index in [4.69, 9.17) is 4.98 Å². The highest BCUT2D eigenvalue weighted by molar-refractivity contribution is 7.25. The zero-order chi connectivity index (χ0) is 27.4. The summed E-state index contributed by atoms with van der Waals surface area (Å²) in [5.41, 5.74) is 9.79. The maximum atomic E-state index is 5.27. The van der Waals surface area contributed by atoms with Gasteiger partial charge in [-0.15, -0.1) is 11.3 Å². The molecule has 0 aliphatic rings. The van der Waals surface area contributed by atoms with Crippen LogP contribution in [0.3, 0.4) is 0 Å². The van der Waals surface area contributed by atoms with E-state index >= 15 is 0 Å². The smallest absolute Gasteiger partial charge is 0.145 e. The second kappa shape index (κ2) is 9.76. The van der Waals surface area contributed by atoms with E-state index in [1.54, 1.807) is 0 Å². The lowest BCUT2D eigenvalue weighted by Crippen LogP contribution is -2.09. The number of hydrogen-bond acceptors (Lipinski definition) is 2. The number of hydrogen-bond donors (Lipinski definition) is 0. The maximum absolute atomic E-state index is 5.27. The van der Waals surface area contributed by atoms with Gasteiger partial charge in [-0.25, -0.2) is 4.98 Å². The summed E-state index contributed by atoms with van der Waals surface area (Å²) in [5, 5.41) is 2.63. The highest BCUT2D eigenvalue weighted by atomic mass is 32.1. The van der Waals surface area contributed by atoms with E-state index in [9.17, 15) is 0 Å². The molecule has 0 spiro atoms. The molecular formula is C37H32N2S. The highest BCUT2D eigenvalue weighted by Crippen LogP contribution is 2.41. The number of imidazole rings is 1. The van der Waals surface area contributed by atoms with Gasteiger partial charge in [-0.2, -0.15) is 0 Å². The van der Waals surface area contributed by atoms with Crippen molar-refractivity contribution in [2.24, 2.45) is 0 Å². The van der Waals surface area contributed by atoms with Crippen LogP contribution in [0.2, 0.25) is 0 Å². The Morgan fingerprint density at radius 1 is 0.575 bits per heavy atom. The molecule has 0 saturated carbocycles. The van der Waals surface area contributed by atoms with E-state index < -0.39 is 0 Å². The third-order valence-corrected chi connectivity index (χ3v) is 9.07. The van der Waals surface area contributed by atoms with Crippen LogP contribution in [0.5, 0.6) is 0 Å². The first kappa shape index (κ1) is 24.8. The van der Waals surface area contributed by atoms with Crippen LogP contribution in [0.1, 0.15) is 50.7 Å². The van der Waals surface area contributed by atoms with Gasteiger partial charge in [0.1, 0.15) is 5.82 Å². The van der Waals surface area contributed by atoms with Gasteiger partial charge in [0.2, 0.25) is 0 Å². The van der Waals surface area contributed by atoms with Crippen LogP contribution in [0.15, 0.2) is 109 Å². The average molecular weight is 537 g/mol. The summed E-state index contributed by atoms with van der Waals surface area (Å²) in [6, 6.07) is 39.7. The van der Waals surface area contributed by atoms with Gasteiger partial charge in [0.25, 0.3) is 0 Å². The van der Waals surface area contributed by atoms with Crippen LogP contribution >= 0.6 is 11.3 Å². The fourth-order valence-electron chi connectivity index (χ4n) is 5.93. The lowest BCUT2D eigenvalue weighted by atomic mass is 9.88. The van der Waals surface area contributed by atoms with Crippen LogP contribution in [-0.2, 0) is 0 Å². The van der Waals surface area contributed by atoms with Crippen molar-refractivity contribution < 1.29 is 0 Å². The number of para-hydroxylation sites is 2. The molecule has 0 amide bonds. The van der Waals surface area contributed by atoms with Gasteiger partial charge in [0.15, 0.2) is 0 Å². The Bertz CT molecular complexity index is 1980. The number of aromatic nitrogens is 2. The van der Waals surface area contributed by atoms with Crippen LogP contribution in [0.4, 0.5) is 0 Å². The van der Waals surface area contributed by atoms with Crippen molar-refractivity contribution in [2.45, 2.75) is 39.5 Å². The summed E-state index contributed by atoms with van der Waals surface area (Å²) in [5.74, 6) is 1.68. The fourth-order valence-corrected chi connectivity index (χ4v) is 7.07. The molecule has 0 aliphatic heterocycles. The van der Waals surface area contributed by atoms with Gasteiger partial charge >= 0.3 is 0 Å². The van der Waals surface area contributed by atoms with Gasteiger partial charge in [-0.1, -0.05) is 100 Å². The third kappa shape index (κ3) is 4.04. The SMILES string of the molecule is CC(C)c1cc(-c2ccccc2)cc(C(C)C)c1-n1c(-c2ccc3c(c2)sc2ccccc23)nc2ccccc21. The fraction of sp³-hybridized carbons (Fsp3) is 0.162. The number of nitrogens with zero attached hydrogens (tertiary/aromatic N) is 2. The highest BCUT2D eigenvalue weighted by Gasteiger charge is 2.23. The second-order valence-corrected chi connectivity index (χ2v) is 12.3. The maximum Gasteiger partial charge on any atom is 0.145 e. The van der Waals surface area contributed by atoms with Crippen molar-refractivity contribution in [3.8, 4) is 28.2 Å². The van der Waals surface area contributed by atoms with Gasteiger partial charge in [0.05, 0.1) is 16.7 Å². The molecule has 0 bridgehead atoms. The first-order valence-corrected chi connectivity index (χ1v) is 14.9. The van der Waals surface area contributed by atoms with Crippen molar-refractivity contribution in [3.63, 3.8) is 0 Å². The molecule has 2 heterocycles. The Balaban J connectivity index is 1.54. The Morgan fingerprint density at radius 3 is 1.98 bits per heavy atom. The van der Waals surface area contributed by atoms with Crippen LogP contribution in [-0.4, -0.2) is 9.55 Å². The summed E-state index contributed by atoms with van der Waals surface area (Å²) in [4.78, 5) is 5.27. The van der Waals surface area contributed by atoms with Crippen molar-refractivity contribution >= 4 is 42.5 Å². The monoisotopic (exact) mass is 536 g/mol. The molecule has 196 valence electrons. The first-order valence-electron chi connectivity index (χ1n) is 14.1. The van der Waals surface area contributed by atoms with Crippen LogP contribution in [0, 0.1) is 0 Å². The Morgan fingerprint density at radius 2 is 1.23 bits per heavy atom. The van der Waals surface area contributed by atoms with Crippen molar-refractivity contribution in [2.75, 3.05) is 0 Å². The van der Waals surface area contributed by atoms with E-state index in [0.717, 1.165) is 22.4 Å². The molecule has 0 unspecified atom stereocenters. The summed E-state index contributed by atoms with van der Waals surface area (Å²) < 4.78 is 5.05. The molecule has 40 heavy (non-hydrogen) atoms. The van der Waals surface area contributed by atoms with Crippen LogP contribution in [0.25, 0.3) is 59.4 Å². The molecule has 2 aromatic heterocycles. The molecule has 2 nitrogen and oxygen atoms in total. The lowest BCUT2D eigenvalue weighted by molar-refractivity contribution is 0.811. The minimum atomic E-state index is 0.343. The normalized spacial score (nSPS) is 11.9. The summed E-state index contributed by atoms with van der Waals surface area (Å²) >= 11 is 1.86. The molecule has 0 aliphatic carbocycles. The summed E-state index contributed by atoms with van der Waals surface area (Å²) in [6.45, 7) is 9.22. The quantitative estimate of drug-likeness (QED) is 0.214. The second-order valence-electron chi connectivity index (χ2n) is 11.2. The Hall–Kier alpha value is -4.21. The molecule has 0 atom stereocenters. The predicted molar refractivity (Wildman–Crippen MR) is 173 cm³/mol. The molecule has 5 aromatic carbocycles.